The van der Waals surface area contributed by atoms with Crippen molar-refractivity contribution in [1.82, 2.24) is 10.2 Å². The Kier molecular flexibility index (Phi) is 6.00. The molecule has 1 saturated heterocycles. The summed E-state index contributed by atoms with van der Waals surface area (Å²) >= 11 is 1.69. The smallest absolute Gasteiger partial charge is 0.244 e. The summed E-state index contributed by atoms with van der Waals surface area (Å²) in [4.78, 5) is 16.8. The van der Waals surface area contributed by atoms with Gasteiger partial charge in [-0.3, -0.25) is 9.69 Å². The molecule has 5 heteroatoms. The van der Waals surface area contributed by atoms with Crippen LogP contribution in [0.25, 0.3) is 6.08 Å². The number of hydrogen-bond donors (Lipinski definition) is 1. The maximum Gasteiger partial charge on any atom is 0.244 e. The highest BCUT2D eigenvalue weighted by atomic mass is 32.1. The molecule has 2 atom stereocenters. The lowest BCUT2D eigenvalue weighted by atomic mass is 10.00. The summed E-state index contributed by atoms with van der Waals surface area (Å²) in [6.45, 7) is 13.0. The maximum absolute atomic E-state index is 12.0. The molecule has 1 aliphatic rings. The van der Waals surface area contributed by atoms with E-state index in [4.69, 9.17) is 4.74 Å². The van der Waals surface area contributed by atoms with Crippen LogP contribution in [0, 0.1) is 6.92 Å². The molecule has 23 heavy (non-hydrogen) atoms. The zero-order valence-corrected chi connectivity index (χ0v) is 15.6. The first-order valence-electron chi connectivity index (χ1n) is 8.19. The van der Waals surface area contributed by atoms with E-state index in [1.807, 2.05) is 12.1 Å². The fourth-order valence-electron chi connectivity index (χ4n) is 2.85. The van der Waals surface area contributed by atoms with Gasteiger partial charge < -0.3 is 10.1 Å². The number of nitrogens with zero attached hydrogens (tertiary/aromatic N) is 1. The minimum Gasteiger partial charge on any atom is -0.373 e. The van der Waals surface area contributed by atoms with Gasteiger partial charge in [-0.2, -0.15) is 0 Å². The second kappa shape index (κ2) is 7.60. The number of rotatable bonds is 5. The van der Waals surface area contributed by atoms with E-state index in [0.717, 1.165) is 18.0 Å². The predicted molar refractivity (Wildman–Crippen MR) is 96.8 cm³/mol. The van der Waals surface area contributed by atoms with Gasteiger partial charge in [-0.25, -0.2) is 0 Å². The van der Waals surface area contributed by atoms with Gasteiger partial charge in [0.1, 0.15) is 0 Å². The van der Waals surface area contributed by atoms with E-state index in [9.17, 15) is 4.79 Å². The molecule has 2 unspecified atom stereocenters. The van der Waals surface area contributed by atoms with Gasteiger partial charge in [0, 0.05) is 41.0 Å². The summed E-state index contributed by atoms with van der Waals surface area (Å²) in [6.07, 6.45) is 3.96. The van der Waals surface area contributed by atoms with Crippen molar-refractivity contribution in [3.8, 4) is 0 Å². The van der Waals surface area contributed by atoms with Crippen LogP contribution in [-0.2, 0) is 9.53 Å². The Hall–Kier alpha value is -1.17. The lowest BCUT2D eigenvalue weighted by Gasteiger charge is -2.45. The summed E-state index contributed by atoms with van der Waals surface area (Å²) in [5, 5.41) is 3.02. The van der Waals surface area contributed by atoms with Crippen LogP contribution >= 0.6 is 11.3 Å². The number of aryl methyl sites for hydroxylation is 1. The zero-order chi connectivity index (χ0) is 17.0. The zero-order valence-electron chi connectivity index (χ0n) is 14.8. The molecule has 0 spiro atoms. The Morgan fingerprint density at radius 2 is 2.04 bits per heavy atom. The average Bonchev–Trinajstić information content (AvgIpc) is 2.88. The number of amides is 1. The van der Waals surface area contributed by atoms with Gasteiger partial charge in [0.25, 0.3) is 0 Å². The van der Waals surface area contributed by atoms with Gasteiger partial charge in [0.2, 0.25) is 5.91 Å². The quantitative estimate of drug-likeness (QED) is 0.840. The van der Waals surface area contributed by atoms with Crippen molar-refractivity contribution in [1.29, 1.82) is 0 Å². The Morgan fingerprint density at radius 3 is 2.61 bits per heavy atom. The molecule has 0 radical (unpaired) electrons. The van der Waals surface area contributed by atoms with Gasteiger partial charge in [-0.05, 0) is 52.8 Å². The third-order valence-corrected chi connectivity index (χ3v) is 5.10. The highest BCUT2D eigenvalue weighted by molar-refractivity contribution is 7.12. The first-order chi connectivity index (χ1) is 10.8. The summed E-state index contributed by atoms with van der Waals surface area (Å²) in [5.41, 5.74) is -0.0880. The molecule has 0 bridgehead atoms. The van der Waals surface area contributed by atoms with E-state index in [1.54, 1.807) is 17.4 Å². The van der Waals surface area contributed by atoms with Crippen molar-refractivity contribution in [2.75, 3.05) is 19.6 Å². The lowest BCUT2D eigenvalue weighted by molar-refractivity contribution is -0.118. The Labute approximate surface area is 143 Å². The number of morpholine rings is 1. The van der Waals surface area contributed by atoms with Gasteiger partial charge in [-0.1, -0.05) is 0 Å². The van der Waals surface area contributed by atoms with Gasteiger partial charge in [0.05, 0.1) is 12.2 Å². The number of nitrogens with one attached hydrogen (secondary N) is 1. The Balaban J connectivity index is 1.85. The van der Waals surface area contributed by atoms with Crippen LogP contribution in [0.1, 0.15) is 37.4 Å². The number of ether oxygens (including phenoxy) is 1. The molecular weight excluding hydrogens is 308 g/mol. The first kappa shape index (κ1) is 18.2. The van der Waals surface area contributed by atoms with Crippen molar-refractivity contribution in [2.24, 2.45) is 0 Å². The normalized spacial score (nSPS) is 23.3. The van der Waals surface area contributed by atoms with E-state index in [2.05, 4.69) is 50.9 Å². The van der Waals surface area contributed by atoms with Crippen LogP contribution in [0.15, 0.2) is 18.2 Å². The monoisotopic (exact) mass is 336 g/mol. The molecule has 1 aromatic rings. The molecule has 0 aliphatic carbocycles. The van der Waals surface area contributed by atoms with E-state index in [1.165, 1.54) is 4.88 Å². The fraction of sp³-hybridized carbons (Fsp3) is 0.611. The van der Waals surface area contributed by atoms with Crippen LogP contribution in [0.4, 0.5) is 0 Å². The molecule has 1 aliphatic heterocycles. The molecule has 1 fully saturated rings. The lowest BCUT2D eigenvalue weighted by Crippen LogP contribution is -2.58. The number of carbonyl (C=O) groups excluding carboxylic acids is 1. The molecule has 0 saturated carbocycles. The molecule has 2 rings (SSSR count). The van der Waals surface area contributed by atoms with Crippen molar-refractivity contribution >= 4 is 23.3 Å². The highest BCUT2D eigenvalue weighted by Crippen LogP contribution is 2.20. The highest BCUT2D eigenvalue weighted by Gasteiger charge is 2.33. The number of thiophene rings is 1. The van der Waals surface area contributed by atoms with E-state index >= 15 is 0 Å². The predicted octanol–water partition coefficient (Wildman–Crippen LogP) is 3.07. The van der Waals surface area contributed by atoms with Gasteiger partial charge in [-0.15, -0.1) is 11.3 Å². The maximum atomic E-state index is 12.0. The summed E-state index contributed by atoms with van der Waals surface area (Å²) in [7, 11) is 0. The van der Waals surface area contributed by atoms with Gasteiger partial charge >= 0.3 is 0 Å². The number of hydrogen-bond acceptors (Lipinski definition) is 4. The summed E-state index contributed by atoms with van der Waals surface area (Å²) in [5.74, 6) is -0.0431. The van der Waals surface area contributed by atoms with Crippen LogP contribution in [0.2, 0.25) is 0 Å². The van der Waals surface area contributed by atoms with Crippen LogP contribution in [0.5, 0.6) is 0 Å². The minimum absolute atomic E-state index is 0.0431. The number of carbonyl (C=O) groups is 1. The third-order valence-electron chi connectivity index (χ3n) is 4.13. The van der Waals surface area contributed by atoms with E-state index < -0.39 is 0 Å². The van der Waals surface area contributed by atoms with Crippen molar-refractivity contribution in [3.05, 3.63) is 28.0 Å². The van der Waals surface area contributed by atoms with Crippen LogP contribution in [-0.4, -0.2) is 48.2 Å². The SMILES string of the molecule is Cc1ccc(C=CC(=O)NCC(C)(C)N2CC(C)OC(C)C2)s1. The average molecular weight is 337 g/mol. The van der Waals surface area contributed by atoms with E-state index in [0.29, 0.717) is 6.54 Å². The minimum atomic E-state index is -0.0880. The molecular formula is C18H28N2O2S. The molecule has 4 nitrogen and oxygen atoms in total. The molecule has 1 aromatic heterocycles. The molecule has 0 aromatic carbocycles. The van der Waals surface area contributed by atoms with Crippen LogP contribution in [0.3, 0.4) is 0 Å². The fourth-order valence-corrected chi connectivity index (χ4v) is 3.63. The Bertz CT molecular complexity index is 555. The second-order valence-electron chi connectivity index (χ2n) is 6.97. The Morgan fingerprint density at radius 1 is 1.39 bits per heavy atom. The summed E-state index contributed by atoms with van der Waals surface area (Å²) < 4.78 is 5.79. The third kappa shape index (κ3) is 5.44. The standard InChI is InChI=1S/C18H28N2O2S/c1-13-10-20(11-14(2)22-13)18(4,5)12-19-17(21)9-8-16-7-6-15(3)23-16/h6-9,13-14H,10-12H2,1-5H3,(H,19,21). The molecule has 1 N–H and O–H groups in total. The van der Waals surface area contributed by atoms with E-state index in [-0.39, 0.29) is 23.7 Å². The largest absolute Gasteiger partial charge is 0.373 e. The molecule has 128 valence electrons. The van der Waals surface area contributed by atoms with Crippen molar-refractivity contribution < 1.29 is 9.53 Å². The van der Waals surface area contributed by atoms with Crippen molar-refractivity contribution in [2.45, 2.75) is 52.4 Å². The molecule has 1 amide bonds. The topological polar surface area (TPSA) is 41.6 Å². The second-order valence-corrected chi connectivity index (χ2v) is 8.29. The van der Waals surface area contributed by atoms with Crippen molar-refractivity contribution in [3.63, 3.8) is 0 Å². The van der Waals surface area contributed by atoms with Gasteiger partial charge in [0.15, 0.2) is 0 Å². The molecule has 2 heterocycles. The van der Waals surface area contributed by atoms with Crippen LogP contribution < -0.4 is 5.32 Å². The first-order valence-corrected chi connectivity index (χ1v) is 9.01. The summed E-state index contributed by atoms with van der Waals surface area (Å²) in [6, 6.07) is 4.09.